The van der Waals surface area contributed by atoms with Crippen molar-refractivity contribution < 1.29 is 9.59 Å². The summed E-state index contributed by atoms with van der Waals surface area (Å²) in [6.45, 7) is 2.43. The number of rotatable bonds is 4. The SMILES string of the molecule is CCCNC(=O)N(C(N)=O)c1ccc(N(C)C)cc1. The van der Waals surface area contributed by atoms with Gasteiger partial charge < -0.3 is 16.0 Å². The molecule has 0 bridgehead atoms. The molecule has 0 saturated carbocycles. The van der Waals surface area contributed by atoms with Gasteiger partial charge in [-0.3, -0.25) is 0 Å². The maximum atomic E-state index is 11.9. The first-order chi connectivity index (χ1) is 8.97. The largest absolute Gasteiger partial charge is 0.378 e. The molecule has 0 unspecified atom stereocenters. The lowest BCUT2D eigenvalue weighted by atomic mass is 10.2. The first kappa shape index (κ1) is 14.8. The van der Waals surface area contributed by atoms with Crippen LogP contribution in [0.5, 0.6) is 0 Å². The number of carbonyl (C=O) groups excluding carboxylic acids is 2. The Morgan fingerprint density at radius 1 is 1.16 bits per heavy atom. The number of nitrogens with one attached hydrogen (secondary N) is 1. The second-order valence-corrected chi connectivity index (χ2v) is 4.32. The average molecular weight is 264 g/mol. The van der Waals surface area contributed by atoms with Gasteiger partial charge in [0.2, 0.25) is 0 Å². The topological polar surface area (TPSA) is 78.7 Å². The summed E-state index contributed by atoms with van der Waals surface area (Å²) in [5.74, 6) is 0. The highest BCUT2D eigenvalue weighted by molar-refractivity contribution is 6.12. The van der Waals surface area contributed by atoms with Crippen LogP contribution in [-0.2, 0) is 0 Å². The van der Waals surface area contributed by atoms with Gasteiger partial charge in [-0.25, -0.2) is 14.5 Å². The molecule has 3 N–H and O–H groups in total. The summed E-state index contributed by atoms with van der Waals surface area (Å²) in [5.41, 5.74) is 6.68. The smallest absolute Gasteiger partial charge is 0.330 e. The molecule has 0 heterocycles. The van der Waals surface area contributed by atoms with Gasteiger partial charge in [-0.15, -0.1) is 0 Å². The fourth-order valence-corrected chi connectivity index (χ4v) is 1.56. The van der Waals surface area contributed by atoms with E-state index in [1.54, 1.807) is 12.1 Å². The quantitative estimate of drug-likeness (QED) is 0.869. The molecular weight excluding hydrogens is 244 g/mol. The summed E-state index contributed by atoms with van der Waals surface area (Å²) in [6, 6.07) is 5.70. The Hall–Kier alpha value is -2.24. The maximum absolute atomic E-state index is 11.9. The van der Waals surface area contributed by atoms with Crippen LogP contribution in [0.15, 0.2) is 24.3 Å². The molecule has 19 heavy (non-hydrogen) atoms. The molecule has 0 aromatic heterocycles. The highest BCUT2D eigenvalue weighted by Gasteiger charge is 2.20. The van der Waals surface area contributed by atoms with Gasteiger partial charge in [0.15, 0.2) is 0 Å². The molecule has 0 saturated heterocycles. The second-order valence-electron chi connectivity index (χ2n) is 4.32. The monoisotopic (exact) mass is 264 g/mol. The number of imide groups is 1. The molecule has 104 valence electrons. The summed E-state index contributed by atoms with van der Waals surface area (Å²) in [6.07, 6.45) is 0.790. The van der Waals surface area contributed by atoms with Gasteiger partial charge in [0.25, 0.3) is 0 Å². The molecule has 1 aromatic rings. The Morgan fingerprint density at radius 3 is 2.11 bits per heavy atom. The Labute approximate surface area is 113 Å². The number of amides is 4. The van der Waals surface area contributed by atoms with Crippen molar-refractivity contribution in [2.75, 3.05) is 30.4 Å². The van der Waals surface area contributed by atoms with Gasteiger partial charge in [0, 0.05) is 26.3 Å². The number of nitrogens with zero attached hydrogens (tertiary/aromatic N) is 2. The van der Waals surface area contributed by atoms with Crippen LogP contribution >= 0.6 is 0 Å². The predicted molar refractivity (Wildman–Crippen MR) is 76.5 cm³/mol. The van der Waals surface area contributed by atoms with E-state index in [2.05, 4.69) is 5.32 Å². The number of carbonyl (C=O) groups is 2. The van der Waals surface area contributed by atoms with Crippen LogP contribution in [0.3, 0.4) is 0 Å². The number of benzene rings is 1. The molecule has 1 rings (SSSR count). The van der Waals surface area contributed by atoms with Gasteiger partial charge in [-0.1, -0.05) is 6.92 Å². The van der Waals surface area contributed by atoms with E-state index in [0.717, 1.165) is 17.0 Å². The van der Waals surface area contributed by atoms with Gasteiger partial charge in [0.05, 0.1) is 5.69 Å². The lowest BCUT2D eigenvalue weighted by molar-refractivity contribution is 0.238. The molecule has 6 nitrogen and oxygen atoms in total. The molecule has 1 aromatic carbocycles. The van der Waals surface area contributed by atoms with E-state index in [1.807, 2.05) is 38.1 Å². The highest BCUT2D eigenvalue weighted by Crippen LogP contribution is 2.19. The Kier molecular flexibility index (Phi) is 5.17. The summed E-state index contributed by atoms with van der Waals surface area (Å²) < 4.78 is 0. The molecule has 0 aliphatic heterocycles. The zero-order valence-corrected chi connectivity index (χ0v) is 11.5. The van der Waals surface area contributed by atoms with Crippen LogP contribution in [0.4, 0.5) is 21.0 Å². The summed E-state index contributed by atoms with van der Waals surface area (Å²) in [5, 5.41) is 2.63. The van der Waals surface area contributed by atoms with E-state index in [-0.39, 0.29) is 0 Å². The number of hydrogen-bond acceptors (Lipinski definition) is 3. The van der Waals surface area contributed by atoms with Crippen molar-refractivity contribution >= 4 is 23.4 Å². The first-order valence-corrected chi connectivity index (χ1v) is 6.12. The van der Waals surface area contributed by atoms with Crippen LogP contribution in [0, 0.1) is 0 Å². The van der Waals surface area contributed by atoms with Gasteiger partial charge in [-0.2, -0.15) is 0 Å². The number of nitrogens with two attached hydrogens (primary N) is 1. The van der Waals surface area contributed by atoms with E-state index >= 15 is 0 Å². The normalized spacial score (nSPS) is 9.84. The van der Waals surface area contributed by atoms with E-state index in [4.69, 9.17) is 5.73 Å². The van der Waals surface area contributed by atoms with Crippen molar-refractivity contribution in [2.24, 2.45) is 5.73 Å². The third kappa shape index (κ3) is 3.87. The van der Waals surface area contributed by atoms with E-state index in [9.17, 15) is 9.59 Å². The number of primary amides is 1. The summed E-state index contributed by atoms with van der Waals surface area (Å²) in [7, 11) is 3.82. The third-order valence-electron chi connectivity index (χ3n) is 2.57. The lowest BCUT2D eigenvalue weighted by Crippen LogP contribution is -2.47. The minimum absolute atomic E-state index is 0.451. The Morgan fingerprint density at radius 2 is 1.68 bits per heavy atom. The molecule has 6 heteroatoms. The average Bonchev–Trinajstić information content (AvgIpc) is 2.36. The van der Waals surface area contributed by atoms with Crippen molar-refractivity contribution in [2.45, 2.75) is 13.3 Å². The minimum atomic E-state index is -0.800. The van der Waals surface area contributed by atoms with Gasteiger partial charge in [0.1, 0.15) is 0 Å². The predicted octanol–water partition coefficient (Wildman–Crippen LogP) is 1.76. The van der Waals surface area contributed by atoms with Crippen molar-refractivity contribution in [3.05, 3.63) is 24.3 Å². The number of anilines is 2. The van der Waals surface area contributed by atoms with Crippen LogP contribution < -0.4 is 20.9 Å². The lowest BCUT2D eigenvalue weighted by Gasteiger charge is -2.20. The number of urea groups is 2. The Bertz CT molecular complexity index is 442. The molecule has 0 atom stereocenters. The third-order valence-corrected chi connectivity index (χ3v) is 2.57. The summed E-state index contributed by atoms with van der Waals surface area (Å²) >= 11 is 0. The van der Waals surface area contributed by atoms with E-state index in [0.29, 0.717) is 12.2 Å². The van der Waals surface area contributed by atoms with E-state index in [1.165, 1.54) is 0 Å². The Balaban J connectivity index is 2.93. The number of hydrogen-bond donors (Lipinski definition) is 2. The van der Waals surface area contributed by atoms with Crippen LogP contribution in [0.2, 0.25) is 0 Å². The molecule has 0 radical (unpaired) electrons. The standard InChI is InChI=1S/C13H20N4O2/c1-4-9-15-13(19)17(12(14)18)11-7-5-10(6-8-11)16(2)3/h5-8H,4,9H2,1-3H3,(H2,14,18)(H,15,19). The first-order valence-electron chi connectivity index (χ1n) is 6.12. The van der Waals surface area contributed by atoms with Crippen molar-refractivity contribution in [1.29, 1.82) is 0 Å². The zero-order valence-electron chi connectivity index (χ0n) is 11.5. The second kappa shape index (κ2) is 6.63. The maximum Gasteiger partial charge on any atom is 0.330 e. The molecule has 0 aliphatic rings. The van der Waals surface area contributed by atoms with Crippen LogP contribution in [-0.4, -0.2) is 32.7 Å². The minimum Gasteiger partial charge on any atom is -0.378 e. The molecule has 0 fully saturated rings. The molecule has 0 spiro atoms. The van der Waals surface area contributed by atoms with Crippen LogP contribution in [0.1, 0.15) is 13.3 Å². The van der Waals surface area contributed by atoms with Crippen molar-refractivity contribution in [3.63, 3.8) is 0 Å². The molecular formula is C13H20N4O2. The fourth-order valence-electron chi connectivity index (χ4n) is 1.56. The van der Waals surface area contributed by atoms with Crippen molar-refractivity contribution in [3.8, 4) is 0 Å². The molecule has 0 aliphatic carbocycles. The molecule has 4 amide bonds. The van der Waals surface area contributed by atoms with Gasteiger partial charge in [-0.05, 0) is 30.7 Å². The van der Waals surface area contributed by atoms with E-state index < -0.39 is 12.1 Å². The summed E-state index contributed by atoms with van der Waals surface area (Å²) in [4.78, 5) is 26.1. The van der Waals surface area contributed by atoms with Gasteiger partial charge >= 0.3 is 12.1 Å². The van der Waals surface area contributed by atoms with Crippen LogP contribution in [0.25, 0.3) is 0 Å². The zero-order chi connectivity index (χ0) is 14.4. The highest BCUT2D eigenvalue weighted by atomic mass is 16.2. The fraction of sp³-hybridized carbons (Fsp3) is 0.385. The van der Waals surface area contributed by atoms with Crippen molar-refractivity contribution in [1.82, 2.24) is 5.32 Å².